The van der Waals surface area contributed by atoms with Crippen LogP contribution in [0.3, 0.4) is 0 Å². The first kappa shape index (κ1) is 17.7. The van der Waals surface area contributed by atoms with E-state index >= 15 is 0 Å². The molecular weight excluding hydrogens is 345 g/mol. The largest absolute Gasteiger partial charge is 0.481 e. The second kappa shape index (κ2) is 7.12. The molecule has 1 aliphatic heterocycles. The molecule has 0 amide bonds. The third-order valence-electron chi connectivity index (χ3n) is 5.29. The Kier molecular flexibility index (Phi) is 4.66. The number of aromatic nitrogens is 2. The average molecular weight is 367 g/mol. The number of carbonyl (C=O) groups is 1. The Morgan fingerprint density at radius 1 is 1.19 bits per heavy atom. The lowest BCUT2D eigenvalue weighted by Gasteiger charge is -2.30. The summed E-state index contributed by atoms with van der Waals surface area (Å²) in [5.41, 5.74) is 4.77. The van der Waals surface area contributed by atoms with Crippen LogP contribution >= 0.6 is 0 Å². The highest BCUT2D eigenvalue weighted by atomic mass is 19.1. The number of pyridine rings is 1. The summed E-state index contributed by atoms with van der Waals surface area (Å²) in [4.78, 5) is 18.3. The van der Waals surface area contributed by atoms with Crippen LogP contribution in [-0.4, -0.2) is 38.4 Å². The molecular formula is C21H22FN3O2. The van der Waals surface area contributed by atoms with E-state index in [1.165, 1.54) is 12.1 Å². The molecule has 6 heteroatoms. The Morgan fingerprint density at radius 3 is 2.56 bits per heavy atom. The number of hydrogen-bond donors (Lipinski definition) is 1. The van der Waals surface area contributed by atoms with E-state index < -0.39 is 5.97 Å². The van der Waals surface area contributed by atoms with Crippen molar-refractivity contribution in [3.8, 4) is 11.3 Å². The molecule has 2 aromatic heterocycles. The van der Waals surface area contributed by atoms with Crippen molar-refractivity contribution in [3.63, 3.8) is 0 Å². The van der Waals surface area contributed by atoms with E-state index in [0.29, 0.717) is 19.4 Å². The lowest BCUT2D eigenvalue weighted by atomic mass is 9.97. The minimum atomic E-state index is -0.702. The number of hydrogen-bond acceptors (Lipinski definition) is 3. The lowest BCUT2D eigenvalue weighted by Crippen LogP contribution is -2.36. The van der Waals surface area contributed by atoms with E-state index in [2.05, 4.69) is 15.5 Å². The Balaban J connectivity index is 1.69. The van der Waals surface area contributed by atoms with Gasteiger partial charge in [0.15, 0.2) is 0 Å². The molecule has 1 saturated heterocycles. The number of halogens is 1. The smallest absolute Gasteiger partial charge is 0.306 e. The van der Waals surface area contributed by atoms with Crippen molar-refractivity contribution in [2.24, 2.45) is 5.92 Å². The van der Waals surface area contributed by atoms with Crippen LogP contribution in [0.15, 0.2) is 42.6 Å². The van der Waals surface area contributed by atoms with Gasteiger partial charge in [0.05, 0.1) is 17.3 Å². The Morgan fingerprint density at radius 2 is 1.89 bits per heavy atom. The fraction of sp³-hybridized carbons (Fsp3) is 0.333. The van der Waals surface area contributed by atoms with Gasteiger partial charge in [-0.2, -0.15) is 0 Å². The number of imidazole rings is 1. The molecule has 0 spiro atoms. The maximum absolute atomic E-state index is 13.4. The zero-order valence-electron chi connectivity index (χ0n) is 15.2. The summed E-state index contributed by atoms with van der Waals surface area (Å²) in [6.07, 6.45) is 3.39. The van der Waals surface area contributed by atoms with Crippen molar-refractivity contribution in [1.29, 1.82) is 0 Å². The van der Waals surface area contributed by atoms with Crippen LogP contribution in [0, 0.1) is 18.7 Å². The van der Waals surface area contributed by atoms with Gasteiger partial charge in [-0.05, 0) is 68.8 Å². The first-order valence-corrected chi connectivity index (χ1v) is 9.20. The molecule has 0 aliphatic carbocycles. The molecule has 0 bridgehead atoms. The number of benzene rings is 1. The van der Waals surface area contributed by atoms with Crippen molar-refractivity contribution in [3.05, 3.63) is 59.7 Å². The van der Waals surface area contributed by atoms with Crippen molar-refractivity contribution in [2.75, 3.05) is 13.1 Å². The topological polar surface area (TPSA) is 57.8 Å². The van der Waals surface area contributed by atoms with Gasteiger partial charge in [-0.25, -0.2) is 9.37 Å². The van der Waals surface area contributed by atoms with Crippen LogP contribution in [0.2, 0.25) is 0 Å². The summed E-state index contributed by atoms with van der Waals surface area (Å²) in [6, 6.07) is 10.4. The Bertz CT molecular complexity index is 973. The van der Waals surface area contributed by atoms with E-state index in [-0.39, 0.29) is 11.7 Å². The monoisotopic (exact) mass is 367 g/mol. The molecule has 0 atom stereocenters. The van der Waals surface area contributed by atoms with Crippen molar-refractivity contribution >= 4 is 11.6 Å². The van der Waals surface area contributed by atoms with Crippen LogP contribution in [-0.2, 0) is 11.3 Å². The van der Waals surface area contributed by atoms with E-state index in [0.717, 1.165) is 41.3 Å². The summed E-state index contributed by atoms with van der Waals surface area (Å²) in [5, 5.41) is 9.20. The van der Waals surface area contributed by atoms with Gasteiger partial charge in [0.1, 0.15) is 11.5 Å². The second-order valence-corrected chi connectivity index (χ2v) is 7.24. The normalized spacial score (nSPS) is 16.1. The van der Waals surface area contributed by atoms with Crippen LogP contribution in [0.4, 0.5) is 4.39 Å². The first-order chi connectivity index (χ1) is 13.0. The number of carboxylic acids is 1. The van der Waals surface area contributed by atoms with Crippen molar-refractivity contribution in [2.45, 2.75) is 26.3 Å². The second-order valence-electron chi connectivity index (χ2n) is 7.24. The van der Waals surface area contributed by atoms with E-state index in [1.807, 2.05) is 19.1 Å². The lowest BCUT2D eigenvalue weighted by molar-refractivity contribution is -0.143. The predicted octanol–water partition coefficient (Wildman–Crippen LogP) is 3.75. The highest BCUT2D eigenvalue weighted by Gasteiger charge is 2.26. The molecule has 1 fully saturated rings. The number of rotatable bonds is 4. The zero-order chi connectivity index (χ0) is 19.0. The molecule has 27 heavy (non-hydrogen) atoms. The van der Waals surface area contributed by atoms with Crippen molar-refractivity contribution in [1.82, 2.24) is 14.3 Å². The number of aryl methyl sites for hydroxylation is 1. The summed E-state index contributed by atoms with van der Waals surface area (Å²) in [5.74, 6) is -1.22. The van der Waals surface area contributed by atoms with Crippen molar-refractivity contribution < 1.29 is 14.3 Å². The maximum atomic E-state index is 13.4. The van der Waals surface area contributed by atoms with Gasteiger partial charge in [0.2, 0.25) is 0 Å². The van der Waals surface area contributed by atoms with Gasteiger partial charge in [-0.15, -0.1) is 0 Å². The molecule has 0 unspecified atom stereocenters. The quantitative estimate of drug-likeness (QED) is 0.763. The van der Waals surface area contributed by atoms with Crippen LogP contribution in [0.1, 0.15) is 24.1 Å². The minimum Gasteiger partial charge on any atom is -0.481 e. The number of piperidine rings is 1. The van der Waals surface area contributed by atoms with Crippen LogP contribution in [0.5, 0.6) is 0 Å². The first-order valence-electron chi connectivity index (χ1n) is 9.20. The molecule has 0 radical (unpaired) electrons. The Hall–Kier alpha value is -2.73. The SMILES string of the molecule is Cc1ccc2nc(-c3ccc(F)cc3)c(CN3CCC(C(=O)O)CC3)n2c1. The number of aliphatic carboxylic acids is 1. The van der Waals surface area contributed by atoms with Crippen LogP contribution < -0.4 is 0 Å². The molecule has 140 valence electrons. The van der Waals surface area contributed by atoms with Gasteiger partial charge in [-0.3, -0.25) is 9.69 Å². The fourth-order valence-electron chi connectivity index (χ4n) is 3.74. The van der Waals surface area contributed by atoms with Crippen LogP contribution in [0.25, 0.3) is 16.9 Å². The third kappa shape index (κ3) is 3.57. The Labute approximate surface area is 157 Å². The number of nitrogens with zero attached hydrogens (tertiary/aromatic N) is 3. The van der Waals surface area contributed by atoms with Gasteiger partial charge >= 0.3 is 5.97 Å². The van der Waals surface area contributed by atoms with Gasteiger partial charge in [-0.1, -0.05) is 6.07 Å². The average Bonchev–Trinajstić information content (AvgIpc) is 3.00. The summed E-state index contributed by atoms with van der Waals surface area (Å²) < 4.78 is 15.4. The van der Waals surface area contributed by atoms with Gasteiger partial charge < -0.3 is 9.51 Å². The summed E-state index contributed by atoms with van der Waals surface area (Å²) in [7, 11) is 0. The molecule has 1 N–H and O–H groups in total. The molecule has 3 heterocycles. The van der Waals surface area contributed by atoms with E-state index in [9.17, 15) is 14.3 Å². The standard InChI is InChI=1S/C21H22FN3O2/c1-14-2-7-19-23-20(15-3-5-17(22)6-4-15)18(25(19)12-14)13-24-10-8-16(9-11-24)21(26)27/h2-7,12,16H,8-11,13H2,1H3,(H,26,27). The van der Waals surface area contributed by atoms with Gasteiger partial charge in [0, 0.05) is 18.3 Å². The summed E-state index contributed by atoms with van der Waals surface area (Å²) in [6.45, 7) is 4.22. The minimum absolute atomic E-state index is 0.248. The highest BCUT2D eigenvalue weighted by molar-refractivity contribution is 5.70. The number of fused-ring (bicyclic) bond motifs is 1. The van der Waals surface area contributed by atoms with Gasteiger partial charge in [0.25, 0.3) is 0 Å². The zero-order valence-corrected chi connectivity index (χ0v) is 15.2. The number of carboxylic acid groups (broad SMARTS) is 1. The predicted molar refractivity (Wildman–Crippen MR) is 101 cm³/mol. The highest BCUT2D eigenvalue weighted by Crippen LogP contribution is 2.28. The molecule has 3 aromatic rings. The summed E-state index contributed by atoms with van der Waals surface area (Å²) >= 11 is 0. The molecule has 1 aromatic carbocycles. The van der Waals surface area contributed by atoms with E-state index in [1.54, 1.807) is 12.1 Å². The maximum Gasteiger partial charge on any atom is 0.306 e. The molecule has 1 aliphatic rings. The fourth-order valence-corrected chi connectivity index (χ4v) is 3.74. The molecule has 4 rings (SSSR count). The van der Waals surface area contributed by atoms with E-state index in [4.69, 9.17) is 4.98 Å². The third-order valence-corrected chi connectivity index (χ3v) is 5.29. The molecule has 5 nitrogen and oxygen atoms in total. The molecule has 0 saturated carbocycles. The number of likely N-dealkylation sites (tertiary alicyclic amines) is 1.